The lowest BCUT2D eigenvalue weighted by Crippen LogP contribution is -1.97. The molecule has 3 nitrogen and oxygen atoms in total. The van der Waals surface area contributed by atoms with Gasteiger partial charge in [0.25, 0.3) is 0 Å². The van der Waals surface area contributed by atoms with Crippen molar-refractivity contribution in [1.29, 1.82) is 0 Å². The molecule has 0 spiro atoms. The summed E-state index contributed by atoms with van der Waals surface area (Å²) in [6.07, 6.45) is 10.3. The van der Waals surface area contributed by atoms with Crippen molar-refractivity contribution in [3.8, 4) is 0 Å². The van der Waals surface area contributed by atoms with Crippen LogP contribution in [0.4, 0.5) is 0 Å². The van der Waals surface area contributed by atoms with Gasteiger partial charge in [-0.05, 0) is 25.7 Å². The van der Waals surface area contributed by atoms with Crippen molar-refractivity contribution in [1.82, 2.24) is 15.4 Å². The number of fused-ring (bicyclic) bond motifs is 1. The molecule has 0 saturated carbocycles. The zero-order valence-corrected chi connectivity index (χ0v) is 8.05. The summed E-state index contributed by atoms with van der Waals surface area (Å²) >= 11 is 0. The summed E-state index contributed by atoms with van der Waals surface area (Å²) in [5, 5.41) is 11.1. The van der Waals surface area contributed by atoms with Gasteiger partial charge in [0.15, 0.2) is 0 Å². The predicted octanol–water partition coefficient (Wildman–Crippen LogP) is 2.24. The number of H-pyrrole nitrogens is 1. The van der Waals surface area contributed by atoms with Crippen LogP contribution in [-0.4, -0.2) is 15.4 Å². The Hall–Kier alpha value is -0.860. The Morgan fingerprint density at radius 1 is 0.692 bits per heavy atom. The number of nitrogens with one attached hydrogen (secondary N) is 1. The summed E-state index contributed by atoms with van der Waals surface area (Å²) in [4.78, 5) is 0. The molecule has 13 heavy (non-hydrogen) atoms. The van der Waals surface area contributed by atoms with E-state index < -0.39 is 0 Å². The van der Waals surface area contributed by atoms with E-state index in [2.05, 4.69) is 15.4 Å². The number of hydrogen-bond acceptors (Lipinski definition) is 2. The van der Waals surface area contributed by atoms with Gasteiger partial charge in [-0.25, -0.2) is 0 Å². The summed E-state index contributed by atoms with van der Waals surface area (Å²) in [5.41, 5.74) is 2.42. The van der Waals surface area contributed by atoms with E-state index >= 15 is 0 Å². The van der Waals surface area contributed by atoms with Crippen molar-refractivity contribution in [2.45, 2.75) is 51.4 Å². The van der Waals surface area contributed by atoms with Crippen LogP contribution in [0.15, 0.2) is 0 Å². The average molecular weight is 179 g/mol. The van der Waals surface area contributed by atoms with Gasteiger partial charge in [0.1, 0.15) is 0 Å². The Balaban J connectivity index is 2.03. The summed E-state index contributed by atoms with van der Waals surface area (Å²) in [5.74, 6) is 0. The van der Waals surface area contributed by atoms with E-state index in [1.165, 1.54) is 49.9 Å². The van der Waals surface area contributed by atoms with Gasteiger partial charge >= 0.3 is 0 Å². The third-order valence-electron chi connectivity index (χ3n) is 2.78. The van der Waals surface area contributed by atoms with Crippen molar-refractivity contribution in [2.75, 3.05) is 0 Å². The lowest BCUT2D eigenvalue weighted by atomic mass is 10.0. The van der Waals surface area contributed by atoms with Gasteiger partial charge in [-0.2, -0.15) is 15.4 Å². The lowest BCUT2D eigenvalue weighted by Gasteiger charge is -2.05. The van der Waals surface area contributed by atoms with Gasteiger partial charge in [0, 0.05) is 0 Å². The van der Waals surface area contributed by atoms with Gasteiger partial charge in [-0.15, -0.1) is 0 Å². The highest BCUT2D eigenvalue weighted by atomic mass is 15.3. The van der Waals surface area contributed by atoms with E-state index in [4.69, 9.17) is 0 Å². The lowest BCUT2D eigenvalue weighted by molar-refractivity contribution is 0.576. The van der Waals surface area contributed by atoms with Crippen LogP contribution >= 0.6 is 0 Å². The van der Waals surface area contributed by atoms with Gasteiger partial charge in [0.2, 0.25) is 0 Å². The zero-order valence-electron chi connectivity index (χ0n) is 8.05. The summed E-state index contributed by atoms with van der Waals surface area (Å²) in [6, 6.07) is 0. The number of hydrogen-bond donors (Lipinski definition) is 1. The molecule has 0 radical (unpaired) electrons. The maximum atomic E-state index is 4.19. The normalized spacial score (nSPS) is 19.4. The van der Waals surface area contributed by atoms with Gasteiger partial charge in [0.05, 0.1) is 11.4 Å². The van der Waals surface area contributed by atoms with E-state index in [-0.39, 0.29) is 0 Å². The molecule has 1 aliphatic carbocycles. The molecule has 1 heterocycles. The van der Waals surface area contributed by atoms with E-state index in [0.717, 1.165) is 12.8 Å². The van der Waals surface area contributed by atoms with Crippen molar-refractivity contribution >= 4 is 0 Å². The third kappa shape index (κ3) is 2.29. The molecule has 1 aliphatic rings. The van der Waals surface area contributed by atoms with Crippen molar-refractivity contribution in [3.05, 3.63) is 11.4 Å². The van der Waals surface area contributed by atoms with Crippen LogP contribution in [0.3, 0.4) is 0 Å². The van der Waals surface area contributed by atoms with Crippen LogP contribution in [0, 0.1) is 0 Å². The smallest absolute Gasteiger partial charge is 0.0856 e. The Labute approximate surface area is 78.9 Å². The minimum Gasteiger partial charge on any atom is -0.197 e. The Morgan fingerprint density at radius 3 is 1.69 bits per heavy atom. The maximum Gasteiger partial charge on any atom is 0.0856 e. The molecule has 2 rings (SSSR count). The number of aromatic amines is 1. The SMILES string of the molecule is C1CCCCc2n[nH]nc2CCC1. The molecule has 1 aromatic rings. The van der Waals surface area contributed by atoms with E-state index in [1.54, 1.807) is 0 Å². The fourth-order valence-corrected chi connectivity index (χ4v) is 1.97. The molecule has 0 atom stereocenters. The standard InChI is InChI=1S/C10H17N3/c1-2-4-6-8-10-9(7-5-3-1)11-13-12-10/h1-8H2,(H,11,12,13). The van der Waals surface area contributed by atoms with Gasteiger partial charge in [-0.1, -0.05) is 25.7 Å². The Bertz CT molecular complexity index is 230. The molecule has 72 valence electrons. The second-order valence-electron chi connectivity index (χ2n) is 3.84. The van der Waals surface area contributed by atoms with Crippen LogP contribution in [-0.2, 0) is 12.8 Å². The summed E-state index contributed by atoms with van der Waals surface area (Å²) in [6.45, 7) is 0. The number of rotatable bonds is 0. The first-order valence-electron chi connectivity index (χ1n) is 5.35. The van der Waals surface area contributed by atoms with E-state index in [0.29, 0.717) is 0 Å². The molecular weight excluding hydrogens is 162 g/mol. The van der Waals surface area contributed by atoms with Crippen molar-refractivity contribution in [3.63, 3.8) is 0 Å². The number of aryl methyl sites for hydroxylation is 2. The molecular formula is C10H17N3. The minimum absolute atomic E-state index is 1.12. The molecule has 0 unspecified atom stereocenters. The second-order valence-corrected chi connectivity index (χ2v) is 3.84. The maximum absolute atomic E-state index is 4.19. The third-order valence-corrected chi connectivity index (χ3v) is 2.78. The van der Waals surface area contributed by atoms with Crippen molar-refractivity contribution < 1.29 is 0 Å². The summed E-state index contributed by atoms with van der Waals surface area (Å²) in [7, 11) is 0. The Kier molecular flexibility index (Phi) is 2.95. The van der Waals surface area contributed by atoms with Crippen LogP contribution < -0.4 is 0 Å². The topological polar surface area (TPSA) is 41.6 Å². The van der Waals surface area contributed by atoms with Gasteiger partial charge < -0.3 is 0 Å². The van der Waals surface area contributed by atoms with Crippen LogP contribution in [0.25, 0.3) is 0 Å². The Morgan fingerprint density at radius 2 is 1.15 bits per heavy atom. The molecule has 1 N–H and O–H groups in total. The molecule has 0 saturated heterocycles. The van der Waals surface area contributed by atoms with E-state index in [9.17, 15) is 0 Å². The molecule has 0 amide bonds. The number of aromatic nitrogens is 3. The highest BCUT2D eigenvalue weighted by molar-refractivity contribution is 5.08. The zero-order chi connectivity index (χ0) is 8.93. The minimum atomic E-state index is 1.12. The molecule has 1 aromatic heterocycles. The molecule has 3 heteroatoms. The monoisotopic (exact) mass is 179 g/mol. The molecule has 0 aliphatic heterocycles. The number of nitrogens with zero attached hydrogens (tertiary/aromatic N) is 2. The highest BCUT2D eigenvalue weighted by Crippen LogP contribution is 2.15. The van der Waals surface area contributed by atoms with Crippen LogP contribution in [0.5, 0.6) is 0 Å². The predicted molar refractivity (Wildman–Crippen MR) is 51.5 cm³/mol. The average Bonchev–Trinajstić information content (AvgIpc) is 2.59. The van der Waals surface area contributed by atoms with Gasteiger partial charge in [-0.3, -0.25) is 0 Å². The first kappa shape index (κ1) is 8.73. The highest BCUT2D eigenvalue weighted by Gasteiger charge is 2.08. The van der Waals surface area contributed by atoms with E-state index in [1.807, 2.05) is 0 Å². The molecule has 0 aromatic carbocycles. The first-order chi connectivity index (χ1) is 6.47. The summed E-state index contributed by atoms with van der Waals surface area (Å²) < 4.78 is 0. The fourth-order valence-electron chi connectivity index (χ4n) is 1.97. The molecule has 0 bridgehead atoms. The first-order valence-corrected chi connectivity index (χ1v) is 5.35. The van der Waals surface area contributed by atoms with Crippen LogP contribution in [0.1, 0.15) is 49.9 Å². The fraction of sp³-hybridized carbons (Fsp3) is 0.800. The van der Waals surface area contributed by atoms with Crippen molar-refractivity contribution in [2.24, 2.45) is 0 Å². The second kappa shape index (κ2) is 4.40. The van der Waals surface area contributed by atoms with Crippen LogP contribution in [0.2, 0.25) is 0 Å². The molecule has 0 fully saturated rings. The quantitative estimate of drug-likeness (QED) is 0.663. The largest absolute Gasteiger partial charge is 0.197 e.